The molecule has 0 radical (unpaired) electrons. The first-order valence-electron chi connectivity index (χ1n) is 5.52. The van der Waals surface area contributed by atoms with Crippen molar-refractivity contribution in [1.29, 1.82) is 0 Å². The van der Waals surface area contributed by atoms with Gasteiger partial charge in [-0.15, -0.1) is 0 Å². The standard InChI is InChI=1S/C12H12FN3O3/c1-2-16-4-5(12(18)19)11(17)8-7(16)3-6(14)9(13)10(8)15/h3-4H,2,14-15H2,1H3,(H,18,19). The maximum Gasteiger partial charge on any atom is 0.341 e. The van der Waals surface area contributed by atoms with Crippen LogP contribution in [-0.2, 0) is 6.54 Å². The highest BCUT2D eigenvalue weighted by Crippen LogP contribution is 2.26. The molecule has 0 saturated heterocycles. The van der Waals surface area contributed by atoms with Crippen molar-refractivity contribution in [3.8, 4) is 0 Å². The van der Waals surface area contributed by atoms with Crippen LogP contribution in [0.25, 0.3) is 10.9 Å². The fourth-order valence-electron chi connectivity index (χ4n) is 1.98. The maximum absolute atomic E-state index is 13.7. The summed E-state index contributed by atoms with van der Waals surface area (Å²) in [5, 5.41) is 8.83. The topological polar surface area (TPSA) is 111 Å². The van der Waals surface area contributed by atoms with Crippen LogP contribution in [0.1, 0.15) is 17.3 Å². The van der Waals surface area contributed by atoms with Crippen LogP contribution in [-0.4, -0.2) is 15.6 Å². The van der Waals surface area contributed by atoms with E-state index in [1.54, 1.807) is 6.92 Å². The summed E-state index contributed by atoms with van der Waals surface area (Å²) >= 11 is 0. The van der Waals surface area contributed by atoms with Crippen molar-refractivity contribution < 1.29 is 14.3 Å². The predicted molar refractivity (Wildman–Crippen MR) is 69.6 cm³/mol. The van der Waals surface area contributed by atoms with E-state index in [-0.39, 0.29) is 11.1 Å². The number of carboxylic acids is 1. The average Bonchev–Trinajstić information content (AvgIpc) is 2.35. The number of nitrogens with two attached hydrogens (primary N) is 2. The van der Waals surface area contributed by atoms with E-state index in [0.29, 0.717) is 12.1 Å². The van der Waals surface area contributed by atoms with Crippen LogP contribution in [0.5, 0.6) is 0 Å². The Morgan fingerprint density at radius 1 is 1.47 bits per heavy atom. The van der Waals surface area contributed by atoms with E-state index in [1.165, 1.54) is 16.8 Å². The number of nitrogen functional groups attached to an aromatic ring is 2. The van der Waals surface area contributed by atoms with Crippen LogP contribution >= 0.6 is 0 Å². The largest absolute Gasteiger partial charge is 0.477 e. The highest BCUT2D eigenvalue weighted by molar-refractivity contribution is 5.98. The van der Waals surface area contributed by atoms with Gasteiger partial charge in [0, 0.05) is 12.7 Å². The molecule has 2 aromatic rings. The van der Waals surface area contributed by atoms with E-state index in [1.807, 2.05) is 0 Å². The summed E-state index contributed by atoms with van der Waals surface area (Å²) in [4.78, 5) is 23.1. The van der Waals surface area contributed by atoms with Crippen LogP contribution in [0.2, 0.25) is 0 Å². The van der Waals surface area contributed by atoms with Crippen molar-refractivity contribution in [2.75, 3.05) is 11.5 Å². The van der Waals surface area contributed by atoms with Gasteiger partial charge in [0.1, 0.15) is 5.56 Å². The van der Waals surface area contributed by atoms with Crippen molar-refractivity contribution in [2.24, 2.45) is 0 Å². The van der Waals surface area contributed by atoms with Gasteiger partial charge in [-0.2, -0.15) is 0 Å². The van der Waals surface area contributed by atoms with E-state index in [2.05, 4.69) is 0 Å². The molecule has 0 spiro atoms. The molecule has 0 aliphatic heterocycles. The van der Waals surface area contributed by atoms with E-state index >= 15 is 0 Å². The van der Waals surface area contributed by atoms with Crippen LogP contribution in [0.3, 0.4) is 0 Å². The number of halogens is 1. The zero-order valence-corrected chi connectivity index (χ0v) is 10.1. The molecule has 0 atom stereocenters. The number of pyridine rings is 1. The molecule has 2 rings (SSSR count). The van der Waals surface area contributed by atoms with Crippen molar-refractivity contribution in [1.82, 2.24) is 4.57 Å². The average molecular weight is 265 g/mol. The van der Waals surface area contributed by atoms with Crippen molar-refractivity contribution in [2.45, 2.75) is 13.5 Å². The normalized spacial score (nSPS) is 10.8. The molecule has 19 heavy (non-hydrogen) atoms. The SMILES string of the molecule is CCn1cc(C(=O)O)c(=O)c2c(N)c(F)c(N)cc21. The number of aryl methyl sites for hydroxylation is 1. The van der Waals surface area contributed by atoms with Gasteiger partial charge >= 0.3 is 5.97 Å². The Morgan fingerprint density at radius 3 is 2.63 bits per heavy atom. The van der Waals surface area contributed by atoms with E-state index in [0.717, 1.165) is 0 Å². The predicted octanol–water partition coefficient (Wildman–Crippen LogP) is 1.02. The first-order valence-corrected chi connectivity index (χ1v) is 5.52. The quantitative estimate of drug-likeness (QED) is 0.702. The molecular formula is C12H12FN3O3. The first-order chi connectivity index (χ1) is 8.88. The molecule has 6 nitrogen and oxygen atoms in total. The first kappa shape index (κ1) is 12.9. The molecule has 100 valence electrons. The Bertz CT molecular complexity index is 752. The van der Waals surface area contributed by atoms with Gasteiger partial charge in [0.05, 0.1) is 22.3 Å². The van der Waals surface area contributed by atoms with Gasteiger partial charge in [0.15, 0.2) is 5.82 Å². The highest BCUT2D eigenvalue weighted by atomic mass is 19.1. The zero-order chi connectivity index (χ0) is 14.3. The zero-order valence-electron chi connectivity index (χ0n) is 10.1. The van der Waals surface area contributed by atoms with Crippen molar-refractivity contribution >= 4 is 28.2 Å². The number of carbonyl (C=O) groups is 1. The number of carboxylic acid groups (broad SMARTS) is 1. The fourth-order valence-corrected chi connectivity index (χ4v) is 1.98. The maximum atomic E-state index is 13.7. The molecule has 5 N–H and O–H groups in total. The molecule has 0 unspecified atom stereocenters. The number of fused-ring (bicyclic) bond motifs is 1. The summed E-state index contributed by atoms with van der Waals surface area (Å²) < 4.78 is 15.2. The summed E-state index contributed by atoms with van der Waals surface area (Å²) in [6, 6.07) is 1.28. The lowest BCUT2D eigenvalue weighted by atomic mass is 10.1. The molecular weight excluding hydrogens is 253 g/mol. The lowest BCUT2D eigenvalue weighted by Gasteiger charge is -2.13. The Labute approximate surface area is 107 Å². The fraction of sp³-hybridized carbons (Fsp3) is 0.167. The number of anilines is 2. The molecule has 1 aromatic carbocycles. The number of aromatic carboxylic acids is 1. The Kier molecular flexibility index (Phi) is 2.89. The van der Waals surface area contributed by atoms with Crippen molar-refractivity contribution in [3.05, 3.63) is 33.9 Å². The molecule has 0 amide bonds. The third-order valence-electron chi connectivity index (χ3n) is 2.94. The molecule has 0 fully saturated rings. The van der Waals surface area contributed by atoms with Crippen LogP contribution < -0.4 is 16.9 Å². The Hall–Kier alpha value is -2.57. The number of nitrogens with zero attached hydrogens (tertiary/aromatic N) is 1. The van der Waals surface area contributed by atoms with E-state index in [4.69, 9.17) is 16.6 Å². The van der Waals surface area contributed by atoms with Crippen LogP contribution in [0, 0.1) is 5.82 Å². The second-order valence-electron chi connectivity index (χ2n) is 4.05. The molecule has 1 heterocycles. The summed E-state index contributed by atoms with van der Waals surface area (Å²) in [5.41, 5.74) is 9.46. The van der Waals surface area contributed by atoms with Gasteiger partial charge < -0.3 is 21.1 Å². The van der Waals surface area contributed by atoms with Crippen LogP contribution in [0.4, 0.5) is 15.8 Å². The number of benzene rings is 1. The lowest BCUT2D eigenvalue weighted by molar-refractivity contribution is 0.0695. The molecule has 1 aromatic heterocycles. The van der Waals surface area contributed by atoms with E-state index in [9.17, 15) is 14.0 Å². The molecule has 0 saturated carbocycles. The Balaban J connectivity index is 3.09. The minimum Gasteiger partial charge on any atom is -0.477 e. The summed E-state index contributed by atoms with van der Waals surface area (Å²) in [7, 11) is 0. The summed E-state index contributed by atoms with van der Waals surface area (Å²) in [6.45, 7) is 2.15. The van der Waals surface area contributed by atoms with E-state index < -0.39 is 28.5 Å². The van der Waals surface area contributed by atoms with Gasteiger partial charge in [-0.25, -0.2) is 9.18 Å². The third kappa shape index (κ3) is 1.79. The number of hydrogen-bond donors (Lipinski definition) is 3. The van der Waals surface area contributed by atoms with Crippen LogP contribution in [0.15, 0.2) is 17.1 Å². The van der Waals surface area contributed by atoms with Crippen molar-refractivity contribution in [3.63, 3.8) is 0 Å². The molecule has 0 bridgehead atoms. The second kappa shape index (κ2) is 4.27. The number of aromatic nitrogens is 1. The third-order valence-corrected chi connectivity index (χ3v) is 2.94. The molecule has 0 aliphatic rings. The summed E-state index contributed by atoms with van der Waals surface area (Å²) in [6.07, 6.45) is 1.20. The highest BCUT2D eigenvalue weighted by Gasteiger charge is 2.19. The lowest BCUT2D eigenvalue weighted by Crippen LogP contribution is -2.20. The molecule has 7 heteroatoms. The Morgan fingerprint density at radius 2 is 2.11 bits per heavy atom. The monoisotopic (exact) mass is 265 g/mol. The number of rotatable bonds is 2. The minimum atomic E-state index is -1.38. The smallest absolute Gasteiger partial charge is 0.341 e. The second-order valence-corrected chi connectivity index (χ2v) is 4.05. The van der Waals surface area contributed by atoms with Gasteiger partial charge in [-0.3, -0.25) is 4.79 Å². The van der Waals surface area contributed by atoms with Gasteiger partial charge in [0.25, 0.3) is 0 Å². The van der Waals surface area contributed by atoms with Gasteiger partial charge in [-0.05, 0) is 13.0 Å². The van der Waals surface area contributed by atoms with Gasteiger partial charge in [-0.1, -0.05) is 0 Å². The van der Waals surface area contributed by atoms with Gasteiger partial charge in [0.2, 0.25) is 5.43 Å². The molecule has 0 aliphatic carbocycles. The summed E-state index contributed by atoms with van der Waals surface area (Å²) in [5.74, 6) is -2.29. The minimum absolute atomic E-state index is 0.159. The number of hydrogen-bond acceptors (Lipinski definition) is 4.